The highest BCUT2D eigenvalue weighted by Crippen LogP contribution is 2.24. The Bertz CT molecular complexity index is 1550. The van der Waals surface area contributed by atoms with Gasteiger partial charge in [-0.05, 0) is 61.7 Å². The smallest absolute Gasteiger partial charge is 0.339 e. The fourth-order valence-electron chi connectivity index (χ4n) is 5.09. The molecule has 0 saturated carbocycles. The molecule has 2 heterocycles. The molecule has 42 heavy (non-hydrogen) atoms. The Kier molecular flexibility index (Phi) is 9.31. The van der Waals surface area contributed by atoms with E-state index in [4.69, 9.17) is 14.2 Å². The van der Waals surface area contributed by atoms with E-state index >= 15 is 0 Å². The van der Waals surface area contributed by atoms with E-state index in [0.717, 1.165) is 76.6 Å². The zero-order chi connectivity index (χ0) is 29.5. The van der Waals surface area contributed by atoms with Crippen molar-refractivity contribution in [1.29, 1.82) is 0 Å². The van der Waals surface area contributed by atoms with Crippen LogP contribution in [0.15, 0.2) is 72.0 Å². The van der Waals surface area contributed by atoms with Gasteiger partial charge in [0.15, 0.2) is 13.3 Å². The minimum atomic E-state index is -0.542. The van der Waals surface area contributed by atoms with Crippen molar-refractivity contribution in [3.05, 3.63) is 100 Å². The molecule has 0 spiro atoms. The maximum absolute atomic E-state index is 13.3. The number of hydrogen-bond acceptors (Lipinski definition) is 7. The van der Waals surface area contributed by atoms with Crippen LogP contribution in [-0.2, 0) is 20.8 Å². The van der Waals surface area contributed by atoms with Crippen LogP contribution in [0.2, 0.25) is 0 Å². The van der Waals surface area contributed by atoms with Gasteiger partial charge in [-0.15, -0.1) is 0 Å². The minimum absolute atomic E-state index is 0.260. The Balaban J connectivity index is 1.27. The minimum Gasteiger partial charge on any atom is -0.483 e. The van der Waals surface area contributed by atoms with Crippen LogP contribution < -0.4 is 4.74 Å². The second kappa shape index (κ2) is 13.5. The average Bonchev–Trinajstić information content (AvgIpc) is 3.47. The average molecular weight is 569 g/mol. The number of amides is 1. The van der Waals surface area contributed by atoms with Crippen LogP contribution in [0.25, 0.3) is 10.9 Å². The molecule has 9 nitrogen and oxygen atoms in total. The van der Waals surface area contributed by atoms with E-state index in [1.54, 1.807) is 18.3 Å². The maximum Gasteiger partial charge on any atom is 0.339 e. The number of nitrogens with zero attached hydrogens (tertiary/aromatic N) is 3. The summed E-state index contributed by atoms with van der Waals surface area (Å²) in [6.45, 7) is 9.33. The van der Waals surface area contributed by atoms with Crippen LogP contribution in [0.4, 0.5) is 0 Å². The van der Waals surface area contributed by atoms with Crippen LogP contribution in [0, 0.1) is 20.8 Å². The van der Waals surface area contributed by atoms with Crippen molar-refractivity contribution in [1.82, 2.24) is 14.9 Å². The molecule has 1 saturated heterocycles. The Morgan fingerprint density at radius 1 is 1.02 bits per heavy atom. The normalized spacial score (nSPS) is 13.9. The van der Waals surface area contributed by atoms with Crippen molar-refractivity contribution in [2.75, 3.05) is 39.6 Å². The van der Waals surface area contributed by atoms with Gasteiger partial charge in [-0.1, -0.05) is 42.0 Å². The van der Waals surface area contributed by atoms with E-state index in [-0.39, 0.29) is 13.3 Å². The van der Waals surface area contributed by atoms with Crippen molar-refractivity contribution < 1.29 is 23.8 Å². The number of ether oxygens (including phenoxy) is 3. The fourth-order valence-corrected chi connectivity index (χ4v) is 5.09. The van der Waals surface area contributed by atoms with E-state index in [0.29, 0.717) is 11.3 Å². The second-order valence-electron chi connectivity index (χ2n) is 10.5. The topological polar surface area (TPSA) is 96.5 Å². The van der Waals surface area contributed by atoms with E-state index in [2.05, 4.69) is 15.0 Å². The number of aryl methyl sites for hydroxylation is 3. The number of aromatic nitrogens is 1. The molecule has 218 valence electrons. The van der Waals surface area contributed by atoms with Gasteiger partial charge in [0.05, 0.1) is 25.0 Å². The highest BCUT2D eigenvalue weighted by atomic mass is 16.5. The Morgan fingerprint density at radius 2 is 1.76 bits per heavy atom. The first-order valence-corrected chi connectivity index (χ1v) is 14.0. The molecular weight excluding hydrogens is 532 g/mol. The summed E-state index contributed by atoms with van der Waals surface area (Å²) in [5.41, 5.74) is 6.28. The van der Waals surface area contributed by atoms with Gasteiger partial charge < -0.3 is 19.2 Å². The summed E-state index contributed by atoms with van der Waals surface area (Å²) < 4.78 is 16.9. The molecule has 1 aliphatic heterocycles. The molecule has 4 aromatic rings. The highest BCUT2D eigenvalue weighted by molar-refractivity contribution is 5.99. The summed E-state index contributed by atoms with van der Waals surface area (Å²) in [6, 6.07) is 19.1. The number of fused-ring (bicyclic) bond motifs is 1. The van der Waals surface area contributed by atoms with Crippen LogP contribution >= 0.6 is 0 Å². The highest BCUT2D eigenvalue weighted by Gasteiger charge is 2.18. The molecule has 1 amide bonds. The van der Waals surface area contributed by atoms with Crippen molar-refractivity contribution >= 4 is 29.0 Å². The predicted octanol–water partition coefficient (Wildman–Crippen LogP) is 4.98. The van der Waals surface area contributed by atoms with E-state index in [1.807, 2.05) is 75.5 Å². The molecule has 0 atom stereocenters. The van der Waals surface area contributed by atoms with Crippen LogP contribution in [0.5, 0.6) is 5.75 Å². The molecule has 0 aliphatic carbocycles. The zero-order valence-electron chi connectivity index (χ0n) is 24.3. The summed E-state index contributed by atoms with van der Waals surface area (Å²) >= 11 is 0. The van der Waals surface area contributed by atoms with E-state index < -0.39 is 11.9 Å². The standard InChI is InChI=1S/C33H36N4O5/c1-23-17-24(2)32(25(3)18-23)41-21-31(38)37(35-19-28-5-4-6-30-29(28)11-12-34-30)22-42-33(39)27-9-7-26(8-10-27)20-36-13-15-40-16-14-36/h4-12,17-19,34H,13-16,20-22H2,1-3H3. The van der Waals surface area contributed by atoms with Gasteiger partial charge in [0.1, 0.15) is 5.75 Å². The third-order valence-electron chi connectivity index (χ3n) is 7.21. The van der Waals surface area contributed by atoms with Gasteiger partial charge in [0.2, 0.25) is 0 Å². The van der Waals surface area contributed by atoms with Gasteiger partial charge >= 0.3 is 5.97 Å². The lowest BCUT2D eigenvalue weighted by atomic mass is 10.1. The van der Waals surface area contributed by atoms with Gasteiger partial charge in [0, 0.05) is 42.3 Å². The number of aromatic amines is 1. The SMILES string of the molecule is Cc1cc(C)c(OCC(=O)N(COC(=O)c2ccc(CN3CCOCC3)cc2)N=Cc2cccc3[nH]ccc23)c(C)c1. The van der Waals surface area contributed by atoms with Crippen molar-refractivity contribution in [2.45, 2.75) is 27.3 Å². The lowest BCUT2D eigenvalue weighted by Crippen LogP contribution is -2.35. The second-order valence-corrected chi connectivity index (χ2v) is 10.5. The number of nitrogens with one attached hydrogen (secondary N) is 1. The monoisotopic (exact) mass is 568 g/mol. The third-order valence-corrected chi connectivity index (χ3v) is 7.21. The Morgan fingerprint density at radius 3 is 2.50 bits per heavy atom. The number of carbonyl (C=O) groups excluding carboxylic acids is 2. The first kappa shape index (κ1) is 29.0. The van der Waals surface area contributed by atoms with Crippen LogP contribution in [-0.4, -0.2) is 72.6 Å². The summed E-state index contributed by atoms with van der Waals surface area (Å²) in [7, 11) is 0. The van der Waals surface area contributed by atoms with E-state index in [1.165, 1.54) is 0 Å². The number of esters is 1. The Hall–Kier alpha value is -4.47. The quantitative estimate of drug-likeness (QED) is 0.125. The molecule has 0 bridgehead atoms. The first-order chi connectivity index (χ1) is 20.4. The van der Waals surface area contributed by atoms with Crippen LogP contribution in [0.3, 0.4) is 0 Å². The molecule has 3 aromatic carbocycles. The molecule has 1 aromatic heterocycles. The number of hydrazone groups is 1. The lowest BCUT2D eigenvalue weighted by Gasteiger charge is -2.26. The van der Waals surface area contributed by atoms with E-state index in [9.17, 15) is 9.59 Å². The lowest BCUT2D eigenvalue weighted by molar-refractivity contribution is -0.137. The van der Waals surface area contributed by atoms with Gasteiger partial charge in [-0.2, -0.15) is 10.1 Å². The molecule has 9 heteroatoms. The number of H-pyrrole nitrogens is 1. The number of hydrogen-bond donors (Lipinski definition) is 1. The molecule has 5 rings (SSSR count). The molecule has 0 unspecified atom stereocenters. The number of carbonyl (C=O) groups is 2. The number of rotatable bonds is 10. The van der Waals surface area contributed by atoms with Gasteiger partial charge in [-0.25, -0.2) is 4.79 Å². The summed E-state index contributed by atoms with van der Waals surface area (Å²) in [5, 5.41) is 6.49. The third kappa shape index (κ3) is 7.23. The Labute approximate surface area is 245 Å². The molecule has 1 aliphatic rings. The zero-order valence-corrected chi connectivity index (χ0v) is 24.3. The van der Waals surface area contributed by atoms with Crippen molar-refractivity contribution in [3.63, 3.8) is 0 Å². The number of morpholine rings is 1. The molecule has 1 fully saturated rings. The van der Waals surface area contributed by atoms with Crippen LogP contribution in [0.1, 0.15) is 38.2 Å². The molecule has 1 N–H and O–H groups in total. The van der Waals surface area contributed by atoms with Crippen molar-refractivity contribution in [2.24, 2.45) is 5.10 Å². The predicted molar refractivity (Wildman–Crippen MR) is 162 cm³/mol. The molecular formula is C33H36N4O5. The first-order valence-electron chi connectivity index (χ1n) is 14.0. The summed E-state index contributed by atoms with van der Waals surface area (Å²) in [6.07, 6.45) is 3.43. The number of benzene rings is 3. The fraction of sp³-hybridized carbons (Fsp3) is 0.303. The van der Waals surface area contributed by atoms with Gasteiger partial charge in [0.25, 0.3) is 5.91 Å². The molecule has 0 radical (unpaired) electrons. The summed E-state index contributed by atoms with van der Waals surface area (Å²) in [5.74, 6) is -0.329. The largest absolute Gasteiger partial charge is 0.483 e. The van der Waals surface area contributed by atoms with Gasteiger partial charge in [-0.3, -0.25) is 9.69 Å². The van der Waals surface area contributed by atoms with Crippen molar-refractivity contribution in [3.8, 4) is 5.75 Å². The summed E-state index contributed by atoms with van der Waals surface area (Å²) in [4.78, 5) is 31.7. The maximum atomic E-state index is 13.3.